The van der Waals surface area contributed by atoms with E-state index in [0.29, 0.717) is 0 Å². The van der Waals surface area contributed by atoms with Crippen LogP contribution in [0.4, 0.5) is 4.79 Å². The SMILES string of the molecule is Cc1ccccc1C[C@H](NC(=O)OCC1c2ccccc2-c2ccccc21)C(=O)N[C@H](C=O)C(C)(C)C. The summed E-state index contributed by atoms with van der Waals surface area (Å²) >= 11 is 0. The first kappa shape index (κ1) is 26.1. The molecule has 1 aliphatic rings. The second-order valence-corrected chi connectivity index (χ2v) is 10.6. The number of carbonyl (C=O) groups is 3. The molecule has 0 radical (unpaired) electrons. The summed E-state index contributed by atoms with van der Waals surface area (Å²) in [5.74, 6) is -0.508. The maximum Gasteiger partial charge on any atom is 0.407 e. The molecule has 0 unspecified atom stereocenters. The molecule has 3 aromatic rings. The van der Waals surface area contributed by atoms with Crippen molar-refractivity contribution in [2.24, 2.45) is 5.41 Å². The van der Waals surface area contributed by atoms with Crippen LogP contribution in [0.3, 0.4) is 0 Å². The summed E-state index contributed by atoms with van der Waals surface area (Å²) in [4.78, 5) is 37.9. The molecule has 0 saturated heterocycles. The molecule has 6 nitrogen and oxygen atoms in total. The van der Waals surface area contributed by atoms with Gasteiger partial charge in [-0.2, -0.15) is 0 Å². The van der Waals surface area contributed by atoms with Gasteiger partial charge in [-0.1, -0.05) is 93.6 Å². The van der Waals surface area contributed by atoms with Crippen LogP contribution in [0, 0.1) is 12.3 Å². The van der Waals surface area contributed by atoms with Crippen molar-refractivity contribution < 1.29 is 19.1 Å². The summed E-state index contributed by atoms with van der Waals surface area (Å²) < 4.78 is 5.69. The Labute approximate surface area is 218 Å². The van der Waals surface area contributed by atoms with Gasteiger partial charge in [0.15, 0.2) is 0 Å². The van der Waals surface area contributed by atoms with Crippen LogP contribution in [0.25, 0.3) is 11.1 Å². The molecule has 0 fully saturated rings. The molecule has 1 aliphatic carbocycles. The lowest BCUT2D eigenvalue weighted by Crippen LogP contribution is -2.54. The van der Waals surface area contributed by atoms with Gasteiger partial charge in [-0.05, 0) is 45.7 Å². The number of hydrogen-bond acceptors (Lipinski definition) is 4. The Bertz CT molecular complexity index is 1250. The predicted molar refractivity (Wildman–Crippen MR) is 144 cm³/mol. The number of aryl methyl sites for hydroxylation is 1. The Morgan fingerprint density at radius 2 is 1.46 bits per heavy atom. The molecule has 37 heavy (non-hydrogen) atoms. The number of ether oxygens (including phenoxy) is 1. The Morgan fingerprint density at radius 1 is 0.892 bits per heavy atom. The van der Waals surface area contributed by atoms with Crippen molar-refractivity contribution >= 4 is 18.3 Å². The second kappa shape index (κ2) is 11.0. The third-order valence-electron chi connectivity index (χ3n) is 7.00. The lowest BCUT2D eigenvalue weighted by Gasteiger charge is -2.29. The third kappa shape index (κ3) is 5.91. The van der Waals surface area contributed by atoms with E-state index in [2.05, 4.69) is 34.9 Å². The average Bonchev–Trinajstić information content (AvgIpc) is 3.19. The van der Waals surface area contributed by atoms with E-state index in [1.54, 1.807) is 0 Å². The molecule has 2 N–H and O–H groups in total. The number of nitrogens with one attached hydrogen (secondary N) is 2. The summed E-state index contributed by atoms with van der Waals surface area (Å²) in [6.07, 6.45) is 0.336. The zero-order chi connectivity index (χ0) is 26.6. The van der Waals surface area contributed by atoms with Crippen LogP contribution < -0.4 is 10.6 Å². The fourth-order valence-corrected chi connectivity index (χ4v) is 4.76. The summed E-state index contributed by atoms with van der Waals surface area (Å²) in [5.41, 5.74) is 6.00. The molecular weight excluding hydrogens is 464 g/mol. The van der Waals surface area contributed by atoms with E-state index in [9.17, 15) is 14.4 Å². The molecule has 192 valence electrons. The van der Waals surface area contributed by atoms with Crippen LogP contribution >= 0.6 is 0 Å². The van der Waals surface area contributed by atoms with Crippen LogP contribution in [-0.2, 0) is 20.7 Å². The summed E-state index contributed by atoms with van der Waals surface area (Å²) in [5, 5.41) is 5.55. The average molecular weight is 499 g/mol. The fraction of sp³-hybridized carbons (Fsp3) is 0.323. The topological polar surface area (TPSA) is 84.5 Å². The van der Waals surface area contributed by atoms with Gasteiger partial charge in [0.1, 0.15) is 18.9 Å². The van der Waals surface area contributed by atoms with Crippen molar-refractivity contribution in [2.75, 3.05) is 6.61 Å². The van der Waals surface area contributed by atoms with Crippen LogP contribution in [0.5, 0.6) is 0 Å². The Balaban J connectivity index is 1.49. The molecule has 6 heteroatoms. The molecule has 0 heterocycles. The highest BCUT2D eigenvalue weighted by atomic mass is 16.5. The summed E-state index contributed by atoms with van der Waals surface area (Å²) in [6, 6.07) is 22.4. The third-order valence-corrected chi connectivity index (χ3v) is 7.00. The van der Waals surface area contributed by atoms with Gasteiger partial charge in [0.25, 0.3) is 0 Å². The first-order chi connectivity index (χ1) is 17.7. The first-order valence-corrected chi connectivity index (χ1v) is 12.6. The standard InChI is InChI=1S/C31H34N2O4/c1-20-11-5-6-12-21(20)17-27(29(35)33-28(18-34)31(2,3)4)32-30(36)37-19-26-24-15-9-7-13-22(24)23-14-8-10-16-25(23)26/h5-16,18,26-28H,17,19H2,1-4H3,(H,32,36)(H,33,35)/t27-,28+/m0/s1. The van der Waals surface area contributed by atoms with Gasteiger partial charge < -0.3 is 20.2 Å². The van der Waals surface area contributed by atoms with Gasteiger partial charge in [-0.15, -0.1) is 0 Å². The molecular formula is C31H34N2O4. The fourth-order valence-electron chi connectivity index (χ4n) is 4.76. The van der Waals surface area contributed by atoms with Gasteiger partial charge in [0.05, 0.1) is 6.04 Å². The monoisotopic (exact) mass is 498 g/mol. The Kier molecular flexibility index (Phi) is 7.77. The summed E-state index contributed by atoms with van der Waals surface area (Å²) in [7, 11) is 0. The highest BCUT2D eigenvalue weighted by Crippen LogP contribution is 2.44. The maximum absolute atomic E-state index is 13.3. The van der Waals surface area contributed by atoms with Gasteiger partial charge in [0, 0.05) is 12.3 Å². The predicted octanol–water partition coefficient (Wildman–Crippen LogP) is 5.17. The maximum atomic E-state index is 13.3. The molecule has 0 aromatic heterocycles. The van der Waals surface area contributed by atoms with E-state index in [4.69, 9.17) is 4.74 Å². The minimum absolute atomic E-state index is 0.0814. The van der Waals surface area contributed by atoms with E-state index in [-0.39, 0.29) is 18.9 Å². The lowest BCUT2D eigenvalue weighted by molar-refractivity contribution is -0.127. The second-order valence-electron chi connectivity index (χ2n) is 10.6. The number of carbonyl (C=O) groups excluding carboxylic acids is 3. The molecule has 0 aliphatic heterocycles. The van der Waals surface area contributed by atoms with Gasteiger partial charge in [-0.3, -0.25) is 4.79 Å². The number of fused-ring (bicyclic) bond motifs is 3. The molecule has 4 rings (SSSR count). The molecule has 0 bridgehead atoms. The van der Waals surface area contributed by atoms with Crippen molar-refractivity contribution in [3.8, 4) is 11.1 Å². The van der Waals surface area contributed by atoms with Crippen molar-refractivity contribution in [1.82, 2.24) is 10.6 Å². The van der Waals surface area contributed by atoms with E-state index >= 15 is 0 Å². The van der Waals surface area contributed by atoms with Crippen molar-refractivity contribution in [2.45, 2.75) is 52.1 Å². The normalized spacial score (nSPS) is 14.2. The lowest BCUT2D eigenvalue weighted by atomic mass is 9.87. The number of rotatable bonds is 8. The number of aldehydes is 1. The molecule has 2 atom stereocenters. The molecule has 0 spiro atoms. The van der Waals surface area contributed by atoms with E-state index in [1.807, 2.05) is 76.2 Å². The van der Waals surface area contributed by atoms with E-state index < -0.39 is 29.5 Å². The zero-order valence-electron chi connectivity index (χ0n) is 21.8. The van der Waals surface area contributed by atoms with Gasteiger partial charge in [0.2, 0.25) is 5.91 Å². The van der Waals surface area contributed by atoms with Crippen molar-refractivity contribution in [3.05, 3.63) is 95.1 Å². The number of alkyl carbamates (subject to hydrolysis) is 1. The molecule has 0 saturated carbocycles. The number of hydrogen-bond donors (Lipinski definition) is 2. The van der Waals surface area contributed by atoms with E-state index in [0.717, 1.165) is 39.7 Å². The quantitative estimate of drug-likeness (QED) is 0.420. The van der Waals surface area contributed by atoms with Crippen LogP contribution in [0.15, 0.2) is 72.8 Å². The minimum Gasteiger partial charge on any atom is -0.449 e. The molecule has 3 aromatic carbocycles. The van der Waals surface area contributed by atoms with Crippen molar-refractivity contribution in [1.29, 1.82) is 0 Å². The van der Waals surface area contributed by atoms with Crippen LogP contribution in [-0.4, -0.2) is 37.0 Å². The van der Waals surface area contributed by atoms with E-state index in [1.165, 1.54) is 0 Å². The largest absolute Gasteiger partial charge is 0.449 e. The number of benzene rings is 3. The van der Waals surface area contributed by atoms with Gasteiger partial charge >= 0.3 is 6.09 Å². The first-order valence-electron chi connectivity index (χ1n) is 12.6. The minimum atomic E-state index is -0.901. The Morgan fingerprint density at radius 3 is 2.03 bits per heavy atom. The zero-order valence-corrected chi connectivity index (χ0v) is 21.8. The number of amides is 2. The highest BCUT2D eigenvalue weighted by Gasteiger charge is 2.32. The highest BCUT2D eigenvalue weighted by molar-refractivity contribution is 5.88. The molecule has 2 amide bonds. The Hall–Kier alpha value is -3.93. The smallest absolute Gasteiger partial charge is 0.407 e. The van der Waals surface area contributed by atoms with Gasteiger partial charge in [-0.25, -0.2) is 4.79 Å². The van der Waals surface area contributed by atoms with Crippen LogP contribution in [0.2, 0.25) is 0 Å². The summed E-state index contributed by atoms with van der Waals surface area (Å²) in [6.45, 7) is 7.74. The van der Waals surface area contributed by atoms with Crippen LogP contribution in [0.1, 0.15) is 48.9 Å². The van der Waals surface area contributed by atoms with Crippen molar-refractivity contribution in [3.63, 3.8) is 0 Å².